The Morgan fingerprint density at radius 2 is 1.29 bits per heavy atom. The van der Waals surface area contributed by atoms with Crippen LogP contribution in [0.2, 0.25) is 0 Å². The largest absolute Gasteiger partial charge is 0.217 e. The van der Waals surface area contributed by atoms with Gasteiger partial charge in [0.2, 0.25) is 0 Å². The third kappa shape index (κ3) is 3.97. The van der Waals surface area contributed by atoms with Gasteiger partial charge in [-0.1, -0.05) is 26.7 Å². The zero-order valence-electron chi connectivity index (χ0n) is 10.6. The van der Waals surface area contributed by atoms with Crippen molar-refractivity contribution in [2.75, 3.05) is 13.1 Å². The molecule has 0 aliphatic rings. The van der Waals surface area contributed by atoms with Crippen LogP contribution in [-0.4, -0.2) is 28.5 Å². The van der Waals surface area contributed by atoms with Crippen LogP contribution >= 0.6 is 0 Å². The van der Waals surface area contributed by atoms with Crippen molar-refractivity contribution < 1.29 is 9.85 Å². The number of hydrogen-bond donors (Lipinski definition) is 1. The average molecular weight is 202 g/mol. The van der Waals surface area contributed by atoms with Crippen LogP contribution in [0.25, 0.3) is 0 Å². The Labute approximate surface area is 89.5 Å². The molecule has 0 aromatic carbocycles. The molecule has 2 heteroatoms. The van der Waals surface area contributed by atoms with E-state index in [1.165, 1.54) is 0 Å². The van der Waals surface area contributed by atoms with E-state index in [9.17, 15) is 5.21 Å². The maximum Gasteiger partial charge on any atom is 0.120 e. The van der Waals surface area contributed by atoms with E-state index in [-0.39, 0.29) is 10.2 Å². The molecule has 2 nitrogen and oxygen atoms in total. The summed E-state index contributed by atoms with van der Waals surface area (Å²) in [5, 5.41) is 10.5. The Bertz CT molecular complexity index is 141. The van der Waals surface area contributed by atoms with Crippen molar-refractivity contribution in [1.82, 2.24) is 0 Å². The van der Waals surface area contributed by atoms with Gasteiger partial charge in [0.25, 0.3) is 0 Å². The van der Waals surface area contributed by atoms with Gasteiger partial charge in [0.1, 0.15) is 18.6 Å². The molecule has 0 fully saturated rings. The maximum absolute atomic E-state index is 10.5. The molecule has 0 radical (unpaired) electrons. The second-order valence-electron chi connectivity index (χ2n) is 5.25. The smallest absolute Gasteiger partial charge is 0.120 e. The molecule has 0 unspecified atom stereocenters. The molecule has 0 aliphatic carbocycles. The first-order chi connectivity index (χ1) is 6.37. The molecule has 0 atom stereocenters. The Morgan fingerprint density at radius 3 is 1.50 bits per heavy atom. The van der Waals surface area contributed by atoms with Gasteiger partial charge in [0.05, 0.1) is 0 Å². The van der Waals surface area contributed by atoms with Gasteiger partial charge in [-0.25, -0.2) is 5.21 Å². The van der Waals surface area contributed by atoms with Gasteiger partial charge < -0.3 is 0 Å². The molecular formula is C12H28NO+. The van der Waals surface area contributed by atoms with Crippen molar-refractivity contribution in [3.63, 3.8) is 0 Å². The molecule has 0 bridgehead atoms. The van der Waals surface area contributed by atoms with Gasteiger partial charge >= 0.3 is 0 Å². The van der Waals surface area contributed by atoms with Gasteiger partial charge in [0.15, 0.2) is 0 Å². The number of unbranched alkanes of at least 4 members (excludes halogenated alkanes) is 2. The number of hydrogen-bond acceptors (Lipinski definition) is 1. The van der Waals surface area contributed by atoms with E-state index in [1.54, 1.807) is 0 Å². The lowest BCUT2D eigenvalue weighted by atomic mass is 10.0. The molecule has 0 aromatic rings. The predicted octanol–water partition coefficient (Wildman–Crippen LogP) is 3.59. The summed E-state index contributed by atoms with van der Waals surface area (Å²) >= 11 is 0. The number of hydroxylamine groups is 3. The van der Waals surface area contributed by atoms with E-state index >= 15 is 0 Å². The van der Waals surface area contributed by atoms with Crippen LogP contribution in [0, 0.1) is 0 Å². The van der Waals surface area contributed by atoms with Crippen molar-refractivity contribution in [2.45, 2.75) is 65.8 Å². The molecule has 14 heavy (non-hydrogen) atoms. The summed E-state index contributed by atoms with van der Waals surface area (Å²) in [5.41, 5.74) is -0.0513. The standard InChI is InChI=1S/C12H28NO/c1-6-8-10-13(14,11-9-7-2)12(3,4)5/h14H,6-11H2,1-5H3/q+1. The molecule has 0 heterocycles. The second-order valence-corrected chi connectivity index (χ2v) is 5.25. The zero-order valence-corrected chi connectivity index (χ0v) is 10.6. The van der Waals surface area contributed by atoms with Crippen LogP contribution in [0.15, 0.2) is 0 Å². The first-order valence-electron chi connectivity index (χ1n) is 5.97. The number of quaternary nitrogens is 1. The first-order valence-corrected chi connectivity index (χ1v) is 5.97. The quantitative estimate of drug-likeness (QED) is 0.515. The Hall–Kier alpha value is -0.0800. The summed E-state index contributed by atoms with van der Waals surface area (Å²) in [6, 6.07) is 0. The molecule has 0 rings (SSSR count). The minimum atomic E-state index is -0.0513. The molecule has 0 amide bonds. The number of nitrogens with zero attached hydrogens (tertiary/aromatic N) is 1. The molecule has 0 saturated heterocycles. The highest BCUT2D eigenvalue weighted by Crippen LogP contribution is 2.23. The highest BCUT2D eigenvalue weighted by atomic mass is 16.5. The second kappa shape index (κ2) is 5.72. The molecular weight excluding hydrogens is 174 g/mol. The van der Waals surface area contributed by atoms with Crippen LogP contribution < -0.4 is 0 Å². The lowest BCUT2D eigenvalue weighted by Gasteiger charge is -2.41. The van der Waals surface area contributed by atoms with Crippen molar-refractivity contribution in [2.24, 2.45) is 0 Å². The van der Waals surface area contributed by atoms with Crippen molar-refractivity contribution in [3.05, 3.63) is 0 Å². The fraction of sp³-hybridized carbons (Fsp3) is 1.00. The minimum Gasteiger partial charge on any atom is -0.217 e. The first kappa shape index (κ1) is 13.9. The maximum atomic E-state index is 10.5. The topological polar surface area (TPSA) is 20.2 Å². The summed E-state index contributed by atoms with van der Waals surface area (Å²) in [6.07, 6.45) is 4.53. The van der Waals surface area contributed by atoms with Crippen LogP contribution in [0.1, 0.15) is 60.3 Å². The monoisotopic (exact) mass is 202 g/mol. The highest BCUT2D eigenvalue weighted by Gasteiger charge is 2.38. The third-order valence-corrected chi connectivity index (χ3v) is 3.01. The summed E-state index contributed by atoms with van der Waals surface area (Å²) in [6.45, 7) is 12.5. The van der Waals surface area contributed by atoms with Gasteiger partial charge in [-0.2, -0.15) is 4.65 Å². The van der Waals surface area contributed by atoms with Gasteiger partial charge in [0, 0.05) is 0 Å². The van der Waals surface area contributed by atoms with Gasteiger partial charge in [-0.15, -0.1) is 0 Å². The summed E-state index contributed by atoms with van der Waals surface area (Å²) in [4.78, 5) is 0. The Balaban J connectivity index is 4.33. The lowest BCUT2D eigenvalue weighted by molar-refractivity contribution is -1.13. The van der Waals surface area contributed by atoms with Crippen LogP contribution in [0.3, 0.4) is 0 Å². The molecule has 86 valence electrons. The van der Waals surface area contributed by atoms with Crippen molar-refractivity contribution in [3.8, 4) is 0 Å². The summed E-state index contributed by atoms with van der Waals surface area (Å²) in [7, 11) is 0. The highest BCUT2D eigenvalue weighted by molar-refractivity contribution is 4.60. The molecule has 0 spiro atoms. The predicted molar refractivity (Wildman–Crippen MR) is 61.3 cm³/mol. The lowest BCUT2D eigenvalue weighted by Crippen LogP contribution is -2.58. The van der Waals surface area contributed by atoms with Gasteiger partial charge in [-0.3, -0.25) is 0 Å². The van der Waals surface area contributed by atoms with E-state index in [0.29, 0.717) is 0 Å². The van der Waals surface area contributed by atoms with Crippen LogP contribution in [0.5, 0.6) is 0 Å². The fourth-order valence-electron chi connectivity index (χ4n) is 1.62. The Morgan fingerprint density at radius 1 is 0.929 bits per heavy atom. The van der Waals surface area contributed by atoms with E-state index in [1.807, 2.05) is 0 Å². The normalized spacial score (nSPS) is 13.3. The summed E-state index contributed by atoms with van der Waals surface area (Å²) in [5.74, 6) is 0. The minimum absolute atomic E-state index is 0.0513. The molecule has 0 aromatic heterocycles. The molecule has 0 aliphatic heterocycles. The molecule has 1 N–H and O–H groups in total. The van der Waals surface area contributed by atoms with E-state index in [0.717, 1.165) is 38.8 Å². The summed E-state index contributed by atoms with van der Waals surface area (Å²) < 4.78 is 0.231. The van der Waals surface area contributed by atoms with Crippen LogP contribution in [-0.2, 0) is 0 Å². The van der Waals surface area contributed by atoms with E-state index in [2.05, 4.69) is 34.6 Å². The zero-order chi connectivity index (χ0) is 11.2. The average Bonchev–Trinajstić information content (AvgIpc) is 2.09. The van der Waals surface area contributed by atoms with Crippen molar-refractivity contribution in [1.29, 1.82) is 0 Å². The number of rotatable bonds is 6. The fourth-order valence-corrected chi connectivity index (χ4v) is 1.62. The van der Waals surface area contributed by atoms with Crippen LogP contribution in [0.4, 0.5) is 0 Å². The third-order valence-electron chi connectivity index (χ3n) is 3.01. The van der Waals surface area contributed by atoms with Gasteiger partial charge in [-0.05, 0) is 33.6 Å². The van der Waals surface area contributed by atoms with E-state index < -0.39 is 0 Å². The Kier molecular flexibility index (Phi) is 5.68. The molecule has 0 saturated carbocycles. The van der Waals surface area contributed by atoms with E-state index in [4.69, 9.17) is 0 Å². The van der Waals surface area contributed by atoms with Crippen molar-refractivity contribution >= 4 is 0 Å². The SMILES string of the molecule is CCCC[N+](O)(CCCC)C(C)(C)C.